The summed E-state index contributed by atoms with van der Waals surface area (Å²) in [6.45, 7) is 6.98. The van der Waals surface area contributed by atoms with Crippen molar-refractivity contribution in [1.82, 2.24) is 29.7 Å². The molecule has 4 rings (SSSR count). The molecule has 0 radical (unpaired) electrons. The topological polar surface area (TPSA) is 91.3 Å². The largest absolute Gasteiger partial charge is 0.383 e. The first-order valence-electron chi connectivity index (χ1n) is 10.7. The van der Waals surface area contributed by atoms with Crippen molar-refractivity contribution in [3.05, 3.63) is 36.7 Å². The summed E-state index contributed by atoms with van der Waals surface area (Å²) >= 11 is 0. The van der Waals surface area contributed by atoms with Gasteiger partial charge < -0.3 is 20.3 Å². The molecule has 0 amide bonds. The predicted octanol–water partition coefficient (Wildman–Crippen LogP) is 1.80. The van der Waals surface area contributed by atoms with Gasteiger partial charge in [0, 0.05) is 62.9 Å². The van der Waals surface area contributed by atoms with E-state index in [1.165, 1.54) is 0 Å². The Morgan fingerprint density at radius 2 is 1.81 bits per heavy atom. The summed E-state index contributed by atoms with van der Waals surface area (Å²) in [4.78, 5) is 23.0. The van der Waals surface area contributed by atoms with Gasteiger partial charge in [0.15, 0.2) is 17.3 Å². The third-order valence-electron chi connectivity index (χ3n) is 5.20. The van der Waals surface area contributed by atoms with Gasteiger partial charge in [-0.05, 0) is 26.2 Å². The molecule has 1 aliphatic heterocycles. The van der Waals surface area contributed by atoms with E-state index in [9.17, 15) is 0 Å². The molecule has 164 valence electrons. The van der Waals surface area contributed by atoms with Crippen LogP contribution in [0.25, 0.3) is 22.6 Å². The Bertz CT molecular complexity index is 990. The van der Waals surface area contributed by atoms with Crippen LogP contribution in [0.1, 0.15) is 0 Å². The van der Waals surface area contributed by atoms with E-state index in [4.69, 9.17) is 14.7 Å². The second-order valence-electron chi connectivity index (χ2n) is 7.78. The average molecular weight is 423 g/mol. The Morgan fingerprint density at radius 3 is 2.65 bits per heavy atom. The van der Waals surface area contributed by atoms with Crippen molar-refractivity contribution in [2.75, 3.05) is 77.2 Å². The van der Waals surface area contributed by atoms with Gasteiger partial charge in [0.25, 0.3) is 0 Å². The smallest absolute Gasteiger partial charge is 0.184 e. The van der Waals surface area contributed by atoms with Crippen molar-refractivity contribution in [1.29, 1.82) is 0 Å². The zero-order chi connectivity index (χ0) is 21.5. The predicted molar refractivity (Wildman–Crippen MR) is 123 cm³/mol. The summed E-state index contributed by atoms with van der Waals surface area (Å²) in [5.74, 6) is 1.35. The first-order valence-corrected chi connectivity index (χ1v) is 10.7. The molecule has 9 heteroatoms. The van der Waals surface area contributed by atoms with Gasteiger partial charge >= 0.3 is 0 Å². The van der Waals surface area contributed by atoms with Gasteiger partial charge in [0.05, 0.1) is 13.2 Å². The lowest BCUT2D eigenvalue weighted by Gasteiger charge is -2.26. The summed E-state index contributed by atoms with van der Waals surface area (Å²) in [6.07, 6.45) is 3.34. The zero-order valence-corrected chi connectivity index (χ0v) is 18.2. The fraction of sp³-hybridized carbons (Fsp3) is 0.455. The summed E-state index contributed by atoms with van der Waals surface area (Å²) < 4.78 is 5.43. The molecular weight excluding hydrogens is 392 g/mol. The fourth-order valence-corrected chi connectivity index (χ4v) is 3.51. The van der Waals surface area contributed by atoms with E-state index in [-0.39, 0.29) is 0 Å². The third-order valence-corrected chi connectivity index (χ3v) is 5.20. The number of likely N-dealkylation sites (N-methyl/N-ethyl adjacent to an activating group) is 1. The molecule has 9 nitrogen and oxygen atoms in total. The number of ether oxygens (including phenoxy) is 1. The molecule has 0 atom stereocenters. The lowest BCUT2D eigenvalue weighted by Crippen LogP contribution is -2.39. The summed E-state index contributed by atoms with van der Waals surface area (Å²) in [6, 6.07) is 8.11. The SMILES string of the molecule is CN(C)CCNc1ccccc1-c1nc(NCCN2CCOCC2)c2nccnc2n1. The summed E-state index contributed by atoms with van der Waals surface area (Å²) in [7, 11) is 4.13. The Kier molecular flexibility index (Phi) is 7.18. The first-order chi connectivity index (χ1) is 15.2. The number of benzene rings is 1. The molecule has 0 bridgehead atoms. The van der Waals surface area contributed by atoms with Crippen molar-refractivity contribution >= 4 is 22.7 Å². The van der Waals surface area contributed by atoms with Crippen molar-refractivity contribution in [3.8, 4) is 11.4 Å². The standard InChI is InChI=1S/C22H30N8O/c1-29(2)11-9-23-18-6-4-3-5-17(18)20-27-21-19(24-7-8-25-21)22(28-20)26-10-12-30-13-15-31-16-14-30/h3-8,23H,9-16H2,1-2H3,(H,25,26,27,28). The number of nitrogens with zero attached hydrogens (tertiary/aromatic N) is 6. The van der Waals surface area contributed by atoms with Gasteiger partial charge in [-0.2, -0.15) is 0 Å². The van der Waals surface area contributed by atoms with Gasteiger partial charge in [-0.1, -0.05) is 12.1 Å². The number of nitrogens with one attached hydrogen (secondary N) is 2. The molecule has 0 aliphatic carbocycles. The number of para-hydroxylation sites is 1. The number of rotatable bonds is 9. The molecule has 2 aromatic heterocycles. The van der Waals surface area contributed by atoms with Crippen LogP contribution in [0.5, 0.6) is 0 Å². The Labute approximate surface area is 182 Å². The first kappa shape index (κ1) is 21.4. The minimum atomic E-state index is 0.587. The lowest BCUT2D eigenvalue weighted by atomic mass is 10.1. The maximum Gasteiger partial charge on any atom is 0.184 e. The molecule has 2 N–H and O–H groups in total. The average Bonchev–Trinajstić information content (AvgIpc) is 2.80. The van der Waals surface area contributed by atoms with Gasteiger partial charge in [0.1, 0.15) is 5.52 Å². The second kappa shape index (κ2) is 10.4. The van der Waals surface area contributed by atoms with Crippen LogP contribution in [0, 0.1) is 0 Å². The number of fused-ring (bicyclic) bond motifs is 1. The van der Waals surface area contributed by atoms with Crippen LogP contribution in [0.3, 0.4) is 0 Å². The molecule has 3 aromatic rings. The highest BCUT2D eigenvalue weighted by molar-refractivity contribution is 5.85. The second-order valence-corrected chi connectivity index (χ2v) is 7.78. The molecular formula is C22H30N8O. The molecule has 0 spiro atoms. The highest BCUT2D eigenvalue weighted by atomic mass is 16.5. The molecule has 3 heterocycles. The molecule has 1 saturated heterocycles. The fourth-order valence-electron chi connectivity index (χ4n) is 3.51. The number of hydrogen-bond acceptors (Lipinski definition) is 9. The van der Waals surface area contributed by atoms with Gasteiger partial charge in [-0.3, -0.25) is 4.90 Å². The molecule has 1 fully saturated rings. The van der Waals surface area contributed by atoms with Crippen LogP contribution < -0.4 is 10.6 Å². The molecule has 1 aromatic carbocycles. The Morgan fingerprint density at radius 1 is 1.00 bits per heavy atom. The number of hydrogen-bond donors (Lipinski definition) is 2. The minimum absolute atomic E-state index is 0.587. The maximum absolute atomic E-state index is 5.43. The molecule has 1 aliphatic rings. The van der Waals surface area contributed by atoms with E-state index < -0.39 is 0 Å². The van der Waals surface area contributed by atoms with E-state index in [0.717, 1.165) is 63.7 Å². The van der Waals surface area contributed by atoms with E-state index in [2.05, 4.69) is 50.6 Å². The summed E-state index contributed by atoms with van der Waals surface area (Å²) in [5.41, 5.74) is 3.23. The zero-order valence-electron chi connectivity index (χ0n) is 18.2. The van der Waals surface area contributed by atoms with Crippen molar-refractivity contribution < 1.29 is 4.74 Å². The Hall–Kier alpha value is -2.88. The molecule has 0 saturated carbocycles. The van der Waals surface area contributed by atoms with Crippen LogP contribution in [0.4, 0.5) is 11.5 Å². The van der Waals surface area contributed by atoms with Crippen molar-refractivity contribution in [2.24, 2.45) is 0 Å². The van der Waals surface area contributed by atoms with Gasteiger partial charge in [0.2, 0.25) is 0 Å². The molecule has 0 unspecified atom stereocenters. The number of aromatic nitrogens is 4. The normalized spacial score (nSPS) is 14.8. The van der Waals surface area contributed by atoms with Crippen molar-refractivity contribution in [3.63, 3.8) is 0 Å². The van der Waals surface area contributed by atoms with Crippen LogP contribution in [-0.4, -0.2) is 96.3 Å². The maximum atomic E-state index is 5.43. The molecule has 31 heavy (non-hydrogen) atoms. The van der Waals surface area contributed by atoms with Gasteiger partial charge in [-0.15, -0.1) is 0 Å². The van der Waals surface area contributed by atoms with Crippen LogP contribution in [0.2, 0.25) is 0 Å². The highest BCUT2D eigenvalue weighted by Gasteiger charge is 2.15. The van der Waals surface area contributed by atoms with Crippen LogP contribution in [-0.2, 0) is 4.74 Å². The monoisotopic (exact) mass is 422 g/mol. The number of anilines is 2. The highest BCUT2D eigenvalue weighted by Crippen LogP contribution is 2.28. The van der Waals surface area contributed by atoms with Gasteiger partial charge in [-0.25, -0.2) is 19.9 Å². The Balaban J connectivity index is 1.57. The van der Waals surface area contributed by atoms with Crippen molar-refractivity contribution in [2.45, 2.75) is 0 Å². The lowest BCUT2D eigenvalue weighted by molar-refractivity contribution is 0.0398. The summed E-state index contributed by atoms with van der Waals surface area (Å²) in [5, 5.41) is 6.96. The number of morpholine rings is 1. The van der Waals surface area contributed by atoms with Crippen LogP contribution in [0.15, 0.2) is 36.7 Å². The quantitative estimate of drug-likeness (QED) is 0.536. The van der Waals surface area contributed by atoms with E-state index in [0.29, 0.717) is 22.8 Å². The third kappa shape index (κ3) is 5.63. The minimum Gasteiger partial charge on any atom is -0.383 e. The van der Waals surface area contributed by atoms with E-state index >= 15 is 0 Å². The van der Waals surface area contributed by atoms with E-state index in [1.807, 2.05) is 18.2 Å². The van der Waals surface area contributed by atoms with Crippen LogP contribution >= 0.6 is 0 Å². The van der Waals surface area contributed by atoms with E-state index in [1.54, 1.807) is 12.4 Å².